The Bertz CT molecular complexity index is 593. The number of hydrogen-bond acceptors (Lipinski definition) is 4. The zero-order valence-corrected chi connectivity index (χ0v) is 12.2. The van der Waals surface area contributed by atoms with Crippen molar-refractivity contribution < 1.29 is 5.11 Å². The Kier molecular flexibility index (Phi) is 3.72. The van der Waals surface area contributed by atoms with Crippen LogP contribution in [0.3, 0.4) is 0 Å². The molecule has 5 heteroatoms. The van der Waals surface area contributed by atoms with Crippen LogP contribution in [0.4, 0.5) is 0 Å². The highest BCUT2D eigenvalue weighted by atomic mass is 16.3. The molecule has 0 amide bonds. The summed E-state index contributed by atoms with van der Waals surface area (Å²) in [5.74, 6) is 0. The van der Waals surface area contributed by atoms with Gasteiger partial charge in [0, 0.05) is 30.2 Å². The number of aliphatic hydroxyl groups is 1. The number of pyridine rings is 1. The van der Waals surface area contributed by atoms with Gasteiger partial charge in [-0.2, -0.15) is 5.10 Å². The molecule has 108 valence electrons. The first-order chi connectivity index (χ1) is 9.69. The molecule has 3 rings (SSSR count). The fourth-order valence-corrected chi connectivity index (χ4v) is 2.99. The van der Waals surface area contributed by atoms with E-state index in [-0.39, 0.29) is 6.61 Å². The van der Waals surface area contributed by atoms with Crippen LogP contribution < -0.4 is 0 Å². The van der Waals surface area contributed by atoms with Crippen molar-refractivity contribution in [1.82, 2.24) is 19.7 Å². The summed E-state index contributed by atoms with van der Waals surface area (Å²) in [6, 6.07) is 2.80. The van der Waals surface area contributed by atoms with E-state index in [1.165, 1.54) is 12.0 Å². The maximum atomic E-state index is 9.38. The summed E-state index contributed by atoms with van der Waals surface area (Å²) in [5, 5.41) is 14.9. The van der Waals surface area contributed by atoms with E-state index in [1.54, 1.807) is 0 Å². The number of nitrogens with zero attached hydrogens (tertiary/aromatic N) is 4. The summed E-state index contributed by atoms with van der Waals surface area (Å²) in [6.07, 6.45) is 6.10. The van der Waals surface area contributed by atoms with Crippen molar-refractivity contribution in [1.29, 1.82) is 0 Å². The number of rotatable bonds is 4. The van der Waals surface area contributed by atoms with Gasteiger partial charge in [0.05, 0.1) is 12.8 Å². The lowest BCUT2D eigenvalue weighted by Gasteiger charge is -2.22. The number of aromatic nitrogens is 3. The van der Waals surface area contributed by atoms with E-state index >= 15 is 0 Å². The van der Waals surface area contributed by atoms with Crippen molar-refractivity contribution in [3.8, 4) is 0 Å². The topological polar surface area (TPSA) is 54.2 Å². The summed E-state index contributed by atoms with van der Waals surface area (Å²) in [4.78, 5) is 6.91. The van der Waals surface area contributed by atoms with Crippen molar-refractivity contribution >= 4 is 11.0 Å². The van der Waals surface area contributed by atoms with Crippen molar-refractivity contribution in [3.05, 3.63) is 24.0 Å². The first kappa shape index (κ1) is 13.5. The van der Waals surface area contributed by atoms with Gasteiger partial charge >= 0.3 is 0 Å². The molecule has 1 aliphatic heterocycles. The number of aliphatic hydroxyl groups excluding tert-OH is 1. The van der Waals surface area contributed by atoms with Crippen molar-refractivity contribution in [2.24, 2.45) is 0 Å². The Morgan fingerprint density at radius 3 is 3.00 bits per heavy atom. The molecule has 3 heterocycles. The van der Waals surface area contributed by atoms with Gasteiger partial charge in [-0.25, -0.2) is 9.67 Å². The largest absolute Gasteiger partial charge is 0.395 e. The van der Waals surface area contributed by atoms with Crippen LogP contribution in [0.25, 0.3) is 11.0 Å². The molecule has 0 saturated carbocycles. The molecule has 0 bridgehead atoms. The summed E-state index contributed by atoms with van der Waals surface area (Å²) >= 11 is 0. The minimum atomic E-state index is 0.251. The first-order valence-electron chi connectivity index (χ1n) is 7.36. The fraction of sp³-hybridized carbons (Fsp3) is 0.600. The van der Waals surface area contributed by atoms with E-state index in [0.717, 1.165) is 30.5 Å². The number of hydrogen-bond donors (Lipinski definition) is 1. The quantitative estimate of drug-likeness (QED) is 0.926. The van der Waals surface area contributed by atoms with E-state index in [9.17, 15) is 5.11 Å². The zero-order valence-electron chi connectivity index (χ0n) is 12.2. The highest BCUT2D eigenvalue weighted by molar-refractivity contribution is 5.75. The maximum Gasteiger partial charge on any atom is 0.157 e. The number of likely N-dealkylation sites (tertiary alicyclic amines) is 1. The van der Waals surface area contributed by atoms with Crippen LogP contribution in [0.1, 0.15) is 38.3 Å². The second-order valence-corrected chi connectivity index (χ2v) is 5.89. The van der Waals surface area contributed by atoms with Crippen LogP contribution in [-0.2, 0) is 6.54 Å². The fourth-order valence-electron chi connectivity index (χ4n) is 2.99. The third kappa shape index (κ3) is 2.43. The Morgan fingerprint density at radius 2 is 2.25 bits per heavy atom. The molecule has 0 radical (unpaired) electrons. The van der Waals surface area contributed by atoms with E-state index in [1.807, 2.05) is 17.1 Å². The summed E-state index contributed by atoms with van der Waals surface area (Å²) in [5.41, 5.74) is 2.14. The molecule has 0 spiro atoms. The zero-order chi connectivity index (χ0) is 14.1. The molecule has 0 aromatic carbocycles. The second kappa shape index (κ2) is 5.50. The van der Waals surface area contributed by atoms with Gasteiger partial charge in [0.25, 0.3) is 0 Å². The second-order valence-electron chi connectivity index (χ2n) is 5.89. The molecule has 1 fully saturated rings. The Balaban J connectivity index is 1.83. The lowest BCUT2D eigenvalue weighted by atomic mass is 10.2. The van der Waals surface area contributed by atoms with Crippen LogP contribution >= 0.6 is 0 Å². The molecule has 20 heavy (non-hydrogen) atoms. The van der Waals surface area contributed by atoms with Crippen LogP contribution in [0.5, 0.6) is 0 Å². The van der Waals surface area contributed by atoms with Gasteiger partial charge in [-0.15, -0.1) is 0 Å². The highest BCUT2D eigenvalue weighted by Crippen LogP contribution is 2.22. The average Bonchev–Trinajstić information content (AvgIpc) is 3.04. The van der Waals surface area contributed by atoms with E-state index < -0.39 is 0 Å². The predicted molar refractivity (Wildman–Crippen MR) is 78.4 cm³/mol. The van der Waals surface area contributed by atoms with Crippen LogP contribution in [-0.4, -0.2) is 44.0 Å². The van der Waals surface area contributed by atoms with E-state index in [4.69, 9.17) is 0 Å². The standard InChI is InChI=1S/C15H22N4O/c1-11(2)19-15-13(8-17-19)6-12(7-16-15)9-18-5-3-4-14(18)10-20/h6-8,11,14,20H,3-5,9-10H2,1-2H3/t14-/m1/s1. The Labute approximate surface area is 119 Å². The Morgan fingerprint density at radius 1 is 1.40 bits per heavy atom. The first-order valence-corrected chi connectivity index (χ1v) is 7.36. The molecule has 1 aliphatic rings. The van der Waals surface area contributed by atoms with Crippen LogP contribution in [0.15, 0.2) is 18.5 Å². The van der Waals surface area contributed by atoms with E-state index in [0.29, 0.717) is 12.1 Å². The lowest BCUT2D eigenvalue weighted by Crippen LogP contribution is -2.31. The molecule has 0 aliphatic carbocycles. The van der Waals surface area contributed by atoms with Gasteiger partial charge in [0.1, 0.15) is 0 Å². The number of fused-ring (bicyclic) bond motifs is 1. The molecule has 0 unspecified atom stereocenters. The molecule has 5 nitrogen and oxygen atoms in total. The maximum absolute atomic E-state index is 9.38. The normalized spacial score (nSPS) is 20.3. The smallest absolute Gasteiger partial charge is 0.157 e. The van der Waals surface area contributed by atoms with Crippen LogP contribution in [0.2, 0.25) is 0 Å². The average molecular weight is 274 g/mol. The minimum Gasteiger partial charge on any atom is -0.395 e. The van der Waals surface area contributed by atoms with Gasteiger partial charge in [0.15, 0.2) is 5.65 Å². The molecule has 2 aromatic rings. The van der Waals surface area contributed by atoms with Gasteiger partial charge < -0.3 is 5.11 Å². The Hall–Kier alpha value is -1.46. The minimum absolute atomic E-state index is 0.251. The molecular formula is C15H22N4O. The monoisotopic (exact) mass is 274 g/mol. The van der Waals surface area contributed by atoms with E-state index in [2.05, 4.69) is 34.9 Å². The SMILES string of the molecule is CC(C)n1ncc2cc(CN3CCC[C@@H]3CO)cnc21. The molecule has 1 atom stereocenters. The lowest BCUT2D eigenvalue weighted by molar-refractivity contribution is 0.153. The summed E-state index contributed by atoms with van der Waals surface area (Å²) in [6.45, 7) is 6.40. The van der Waals surface area contributed by atoms with Crippen LogP contribution in [0, 0.1) is 0 Å². The third-order valence-corrected chi connectivity index (χ3v) is 4.07. The van der Waals surface area contributed by atoms with Gasteiger partial charge in [-0.05, 0) is 44.9 Å². The van der Waals surface area contributed by atoms with Gasteiger partial charge in [-0.1, -0.05) is 0 Å². The predicted octanol–water partition coefficient (Wildman–Crippen LogP) is 1.97. The molecule has 1 N–H and O–H groups in total. The van der Waals surface area contributed by atoms with Gasteiger partial charge in [-0.3, -0.25) is 4.90 Å². The third-order valence-electron chi connectivity index (χ3n) is 4.07. The van der Waals surface area contributed by atoms with Gasteiger partial charge in [0.2, 0.25) is 0 Å². The molecular weight excluding hydrogens is 252 g/mol. The summed E-state index contributed by atoms with van der Waals surface area (Å²) < 4.78 is 1.95. The van der Waals surface area contributed by atoms with Crippen molar-refractivity contribution in [2.75, 3.05) is 13.2 Å². The summed E-state index contributed by atoms with van der Waals surface area (Å²) in [7, 11) is 0. The highest BCUT2D eigenvalue weighted by Gasteiger charge is 2.23. The van der Waals surface area contributed by atoms with Crippen molar-refractivity contribution in [3.63, 3.8) is 0 Å². The molecule has 1 saturated heterocycles. The molecule has 2 aromatic heterocycles. The van der Waals surface area contributed by atoms with Crippen molar-refractivity contribution in [2.45, 2.75) is 45.3 Å².